The molecule has 1 aromatic carbocycles. The lowest BCUT2D eigenvalue weighted by Gasteiger charge is -2.20. The van der Waals surface area contributed by atoms with E-state index in [4.69, 9.17) is 0 Å². The zero-order chi connectivity index (χ0) is 18.3. The van der Waals surface area contributed by atoms with Gasteiger partial charge in [0.05, 0.1) is 11.3 Å². The van der Waals surface area contributed by atoms with Gasteiger partial charge in [-0.05, 0) is 31.3 Å². The molecule has 2 amide bonds. The van der Waals surface area contributed by atoms with E-state index in [1.54, 1.807) is 19.0 Å². The summed E-state index contributed by atoms with van der Waals surface area (Å²) < 4.78 is 39.6. The van der Waals surface area contributed by atoms with Crippen molar-refractivity contribution in [3.05, 3.63) is 23.8 Å². The van der Waals surface area contributed by atoms with Crippen LogP contribution in [0.2, 0.25) is 0 Å². The second-order valence-electron chi connectivity index (χ2n) is 5.53. The highest BCUT2D eigenvalue weighted by atomic mass is 19.4. The first-order valence-corrected chi connectivity index (χ1v) is 7.84. The number of hydrogen-bond donors (Lipinski definition) is 2. The number of anilines is 2. The van der Waals surface area contributed by atoms with Crippen molar-refractivity contribution in [1.82, 2.24) is 10.2 Å². The molecule has 0 aliphatic carbocycles. The van der Waals surface area contributed by atoms with Crippen LogP contribution in [-0.2, 0) is 6.18 Å². The van der Waals surface area contributed by atoms with Crippen LogP contribution >= 0.6 is 0 Å². The number of hydrogen-bond acceptors (Lipinski definition) is 3. The Morgan fingerprint density at radius 1 is 1.17 bits per heavy atom. The van der Waals surface area contributed by atoms with Crippen molar-refractivity contribution in [2.75, 3.05) is 50.5 Å². The Morgan fingerprint density at radius 2 is 1.79 bits per heavy atom. The highest BCUT2D eigenvalue weighted by molar-refractivity contribution is 5.90. The molecule has 8 heteroatoms. The Morgan fingerprint density at radius 3 is 2.29 bits per heavy atom. The fraction of sp³-hybridized carbons (Fsp3) is 0.562. The zero-order valence-electron chi connectivity index (χ0n) is 14.5. The van der Waals surface area contributed by atoms with E-state index in [9.17, 15) is 18.0 Å². The van der Waals surface area contributed by atoms with Crippen LogP contribution in [0.4, 0.5) is 29.3 Å². The first kappa shape index (κ1) is 20.1. The molecule has 0 atom stereocenters. The second kappa shape index (κ2) is 8.77. The van der Waals surface area contributed by atoms with E-state index in [-0.39, 0.29) is 5.69 Å². The SMILES string of the molecule is CCN(CC)CCNC(=O)Nc1ccc(N(C)C)cc1C(F)(F)F. The van der Waals surface area contributed by atoms with E-state index in [0.29, 0.717) is 18.8 Å². The molecule has 0 aromatic heterocycles. The van der Waals surface area contributed by atoms with Crippen molar-refractivity contribution in [2.24, 2.45) is 0 Å². The van der Waals surface area contributed by atoms with Gasteiger partial charge < -0.3 is 20.4 Å². The molecule has 0 bridgehead atoms. The summed E-state index contributed by atoms with van der Waals surface area (Å²) in [4.78, 5) is 15.5. The molecule has 2 N–H and O–H groups in total. The number of alkyl halides is 3. The van der Waals surface area contributed by atoms with Gasteiger partial charge in [0.2, 0.25) is 0 Å². The molecule has 5 nitrogen and oxygen atoms in total. The number of likely N-dealkylation sites (N-methyl/N-ethyl adjacent to an activating group) is 1. The van der Waals surface area contributed by atoms with Gasteiger partial charge in [-0.25, -0.2) is 4.79 Å². The summed E-state index contributed by atoms with van der Waals surface area (Å²) in [6.45, 7) is 6.72. The number of rotatable bonds is 7. The van der Waals surface area contributed by atoms with Gasteiger partial charge in [-0.3, -0.25) is 0 Å². The van der Waals surface area contributed by atoms with Crippen LogP contribution in [0.1, 0.15) is 19.4 Å². The zero-order valence-corrected chi connectivity index (χ0v) is 14.5. The van der Waals surface area contributed by atoms with Crippen molar-refractivity contribution in [3.8, 4) is 0 Å². The van der Waals surface area contributed by atoms with Gasteiger partial charge in [-0.1, -0.05) is 13.8 Å². The maximum absolute atomic E-state index is 13.2. The van der Waals surface area contributed by atoms with Crippen LogP contribution in [-0.4, -0.2) is 51.2 Å². The molecule has 24 heavy (non-hydrogen) atoms. The van der Waals surface area contributed by atoms with Gasteiger partial charge in [0.25, 0.3) is 0 Å². The highest BCUT2D eigenvalue weighted by Gasteiger charge is 2.34. The number of nitrogens with zero attached hydrogens (tertiary/aromatic N) is 2. The predicted molar refractivity (Wildman–Crippen MR) is 90.6 cm³/mol. The summed E-state index contributed by atoms with van der Waals surface area (Å²) >= 11 is 0. The van der Waals surface area contributed by atoms with Gasteiger partial charge in [0.15, 0.2) is 0 Å². The predicted octanol–water partition coefficient (Wildman–Crippen LogP) is 3.23. The van der Waals surface area contributed by atoms with Gasteiger partial charge in [0, 0.05) is 32.9 Å². The molecule has 1 aromatic rings. The molecular formula is C16H25F3N4O. The fourth-order valence-corrected chi connectivity index (χ4v) is 2.19. The summed E-state index contributed by atoms with van der Waals surface area (Å²) in [6.07, 6.45) is -4.55. The van der Waals surface area contributed by atoms with E-state index >= 15 is 0 Å². The average Bonchev–Trinajstić information content (AvgIpc) is 2.50. The minimum absolute atomic E-state index is 0.256. The van der Waals surface area contributed by atoms with Crippen molar-refractivity contribution in [2.45, 2.75) is 20.0 Å². The molecule has 0 radical (unpaired) electrons. The number of benzene rings is 1. The minimum Gasteiger partial charge on any atom is -0.378 e. The first-order chi connectivity index (χ1) is 11.2. The lowest BCUT2D eigenvalue weighted by atomic mass is 10.1. The minimum atomic E-state index is -4.55. The molecule has 0 fully saturated rings. The maximum Gasteiger partial charge on any atom is 0.418 e. The molecule has 1 rings (SSSR count). The monoisotopic (exact) mass is 346 g/mol. The lowest BCUT2D eigenvalue weighted by molar-refractivity contribution is -0.136. The summed E-state index contributed by atoms with van der Waals surface area (Å²) in [5, 5.41) is 4.86. The number of urea groups is 1. The summed E-state index contributed by atoms with van der Waals surface area (Å²) in [6, 6.07) is 3.17. The third-order valence-electron chi connectivity index (χ3n) is 3.68. The normalized spacial score (nSPS) is 11.5. The standard InChI is InChI=1S/C16H25F3N4O/c1-5-23(6-2)10-9-20-15(24)21-14-8-7-12(22(3)4)11-13(14)16(17,18)19/h7-8,11H,5-6,9-10H2,1-4H3,(H2,20,21,24). The van der Waals surface area contributed by atoms with Crippen LogP contribution < -0.4 is 15.5 Å². The molecule has 0 heterocycles. The summed E-state index contributed by atoms with van der Waals surface area (Å²) in [5.74, 6) is 0. The third kappa shape index (κ3) is 5.92. The molecule has 0 aliphatic heterocycles. The van der Waals surface area contributed by atoms with Gasteiger partial charge >= 0.3 is 12.2 Å². The van der Waals surface area contributed by atoms with E-state index in [2.05, 4.69) is 15.5 Å². The molecule has 0 spiro atoms. The number of amides is 2. The lowest BCUT2D eigenvalue weighted by Crippen LogP contribution is -2.37. The molecule has 0 saturated heterocycles. The first-order valence-electron chi connectivity index (χ1n) is 7.84. The Labute approximate surface area is 140 Å². The summed E-state index contributed by atoms with van der Waals surface area (Å²) in [5.41, 5.74) is -0.712. The molecule has 0 unspecified atom stereocenters. The van der Waals surface area contributed by atoms with Gasteiger partial charge in [0.1, 0.15) is 0 Å². The number of carbonyl (C=O) groups excluding carboxylic acids is 1. The smallest absolute Gasteiger partial charge is 0.378 e. The van der Waals surface area contributed by atoms with Crippen molar-refractivity contribution in [3.63, 3.8) is 0 Å². The van der Waals surface area contributed by atoms with Crippen LogP contribution in [0.5, 0.6) is 0 Å². The van der Waals surface area contributed by atoms with E-state index < -0.39 is 17.8 Å². The topological polar surface area (TPSA) is 47.6 Å². The van der Waals surface area contributed by atoms with Gasteiger partial charge in [-0.2, -0.15) is 13.2 Å². The van der Waals surface area contributed by atoms with Crippen molar-refractivity contribution in [1.29, 1.82) is 0 Å². The average molecular weight is 346 g/mol. The second-order valence-corrected chi connectivity index (χ2v) is 5.53. The number of carbonyl (C=O) groups is 1. The van der Waals surface area contributed by atoms with Crippen molar-refractivity contribution < 1.29 is 18.0 Å². The highest BCUT2D eigenvalue weighted by Crippen LogP contribution is 2.37. The number of nitrogens with one attached hydrogen (secondary N) is 2. The van der Waals surface area contributed by atoms with Crippen LogP contribution in [0.25, 0.3) is 0 Å². The van der Waals surface area contributed by atoms with Crippen LogP contribution in [0.15, 0.2) is 18.2 Å². The Balaban J connectivity index is 2.77. The maximum atomic E-state index is 13.2. The van der Waals surface area contributed by atoms with E-state index in [0.717, 1.165) is 19.2 Å². The quantitative estimate of drug-likeness (QED) is 0.797. The summed E-state index contributed by atoms with van der Waals surface area (Å²) in [7, 11) is 3.31. The van der Waals surface area contributed by atoms with Crippen molar-refractivity contribution >= 4 is 17.4 Å². The fourth-order valence-electron chi connectivity index (χ4n) is 2.19. The van der Waals surface area contributed by atoms with Crippen LogP contribution in [0, 0.1) is 0 Å². The molecule has 136 valence electrons. The molecule has 0 aliphatic rings. The molecular weight excluding hydrogens is 321 g/mol. The van der Waals surface area contributed by atoms with Crippen LogP contribution in [0.3, 0.4) is 0 Å². The van der Waals surface area contributed by atoms with Gasteiger partial charge in [-0.15, -0.1) is 0 Å². The Hall–Kier alpha value is -1.96. The third-order valence-corrected chi connectivity index (χ3v) is 3.68. The largest absolute Gasteiger partial charge is 0.418 e. The number of halogens is 3. The molecule has 0 saturated carbocycles. The Bertz CT molecular complexity index is 543. The van der Waals surface area contributed by atoms with E-state index in [1.807, 2.05) is 13.8 Å². The Kier molecular flexibility index (Phi) is 7.34. The van der Waals surface area contributed by atoms with E-state index in [1.165, 1.54) is 12.1 Å².